The Morgan fingerprint density at radius 2 is 1.74 bits per heavy atom. The Labute approximate surface area is 182 Å². The number of hydrogen-bond acceptors (Lipinski definition) is 5. The lowest BCUT2D eigenvalue weighted by Gasteiger charge is -2.22. The largest absolute Gasteiger partial charge is 0.486 e. The minimum atomic E-state index is -4.58. The van der Waals surface area contributed by atoms with Crippen molar-refractivity contribution in [1.82, 2.24) is 0 Å². The zero-order chi connectivity index (χ0) is 22.6. The highest BCUT2D eigenvalue weighted by atomic mass is 35.5. The SMILES string of the molecule is O=C(CCCCCl)c1cc(NS(=O)(=O)c2ccc(C(F)(F)F)cc2)cc2c1OCCO2. The van der Waals surface area contributed by atoms with Crippen LogP contribution in [0.3, 0.4) is 0 Å². The van der Waals surface area contributed by atoms with Crippen molar-refractivity contribution in [3.8, 4) is 11.5 Å². The van der Waals surface area contributed by atoms with Gasteiger partial charge in [0.1, 0.15) is 13.2 Å². The van der Waals surface area contributed by atoms with Gasteiger partial charge in [-0.25, -0.2) is 8.42 Å². The molecule has 31 heavy (non-hydrogen) atoms. The highest BCUT2D eigenvalue weighted by Crippen LogP contribution is 2.38. The summed E-state index contributed by atoms with van der Waals surface area (Å²) in [5.41, 5.74) is -0.766. The molecule has 1 heterocycles. The molecule has 168 valence electrons. The number of carbonyl (C=O) groups is 1. The molecule has 0 aliphatic carbocycles. The summed E-state index contributed by atoms with van der Waals surface area (Å²) in [5, 5.41) is 0. The van der Waals surface area contributed by atoms with Gasteiger partial charge in [0, 0.05) is 18.4 Å². The highest BCUT2D eigenvalue weighted by Gasteiger charge is 2.31. The van der Waals surface area contributed by atoms with E-state index in [9.17, 15) is 26.4 Å². The molecule has 1 aliphatic heterocycles. The lowest BCUT2D eigenvalue weighted by Crippen LogP contribution is -2.19. The number of rotatable bonds is 8. The average Bonchev–Trinajstić information content (AvgIpc) is 2.72. The topological polar surface area (TPSA) is 81.7 Å². The number of halogens is 4. The third-order valence-electron chi connectivity index (χ3n) is 4.47. The number of unbranched alkanes of at least 4 members (excludes halogenated alkanes) is 1. The first-order chi connectivity index (χ1) is 14.6. The van der Waals surface area contributed by atoms with Gasteiger partial charge in [-0.05, 0) is 43.2 Å². The lowest BCUT2D eigenvalue weighted by molar-refractivity contribution is -0.137. The van der Waals surface area contributed by atoms with Gasteiger partial charge in [0.05, 0.1) is 21.7 Å². The van der Waals surface area contributed by atoms with Crippen LogP contribution in [0.2, 0.25) is 0 Å². The van der Waals surface area contributed by atoms with Gasteiger partial charge in [-0.3, -0.25) is 9.52 Å². The van der Waals surface area contributed by atoms with Crippen LogP contribution in [0.15, 0.2) is 41.3 Å². The number of benzene rings is 2. The molecule has 2 aromatic carbocycles. The van der Waals surface area contributed by atoms with Crippen LogP contribution in [-0.4, -0.2) is 33.3 Å². The predicted octanol–water partition coefficient (Wildman–Crippen LogP) is 4.87. The first-order valence-corrected chi connectivity index (χ1v) is 11.4. The fraction of sp³-hybridized carbons (Fsp3) is 0.350. The molecular formula is C20H19ClF3NO5S. The minimum absolute atomic E-state index is 0.0323. The lowest BCUT2D eigenvalue weighted by atomic mass is 10.0. The molecule has 0 fully saturated rings. The summed E-state index contributed by atoms with van der Waals surface area (Å²) in [7, 11) is -4.21. The van der Waals surface area contributed by atoms with Crippen LogP contribution in [0.4, 0.5) is 18.9 Å². The third-order valence-corrected chi connectivity index (χ3v) is 6.14. The molecule has 11 heteroatoms. The van der Waals surface area contributed by atoms with Crippen molar-refractivity contribution < 1.29 is 35.9 Å². The molecule has 2 aromatic rings. The van der Waals surface area contributed by atoms with E-state index in [0.717, 1.165) is 12.1 Å². The summed E-state index contributed by atoms with van der Waals surface area (Å²) >= 11 is 5.64. The number of ketones is 1. The van der Waals surface area contributed by atoms with Crippen LogP contribution in [0.25, 0.3) is 0 Å². The standard InChI is InChI=1S/C20H19ClF3NO5S/c21-8-2-1-3-17(26)16-11-14(12-18-19(16)30-10-9-29-18)25-31(27,28)15-6-4-13(5-7-15)20(22,23)24/h4-7,11-12,25H,1-3,8-10H2. The number of hydrogen-bond donors (Lipinski definition) is 1. The maximum Gasteiger partial charge on any atom is 0.416 e. The zero-order valence-corrected chi connectivity index (χ0v) is 17.7. The van der Waals surface area contributed by atoms with Gasteiger partial charge in [-0.1, -0.05) is 0 Å². The van der Waals surface area contributed by atoms with Crippen LogP contribution in [0, 0.1) is 0 Å². The number of anilines is 1. The van der Waals surface area contributed by atoms with Gasteiger partial charge in [0.25, 0.3) is 10.0 Å². The Bertz CT molecular complexity index is 1060. The maximum absolute atomic E-state index is 12.7. The van der Waals surface area contributed by atoms with Crippen molar-refractivity contribution in [3.05, 3.63) is 47.5 Å². The summed E-state index contributed by atoms with van der Waals surface area (Å²) in [4.78, 5) is 12.3. The molecule has 3 rings (SSSR count). The third kappa shape index (κ3) is 5.62. The second-order valence-corrected chi connectivity index (χ2v) is 8.81. The number of fused-ring (bicyclic) bond motifs is 1. The van der Waals surface area contributed by atoms with E-state index >= 15 is 0 Å². The van der Waals surface area contributed by atoms with Crippen molar-refractivity contribution in [3.63, 3.8) is 0 Å². The molecule has 1 aliphatic rings. The van der Waals surface area contributed by atoms with Gasteiger partial charge in [0.2, 0.25) is 0 Å². The van der Waals surface area contributed by atoms with E-state index in [0.29, 0.717) is 30.9 Å². The Morgan fingerprint density at radius 3 is 2.39 bits per heavy atom. The number of carbonyl (C=O) groups excluding carboxylic acids is 1. The van der Waals surface area contributed by atoms with Crippen LogP contribution in [0.1, 0.15) is 35.2 Å². The first-order valence-electron chi connectivity index (χ1n) is 9.35. The maximum atomic E-state index is 12.7. The van der Waals surface area contributed by atoms with Gasteiger partial charge >= 0.3 is 6.18 Å². The summed E-state index contributed by atoms with van der Waals surface area (Å²) in [6.07, 6.45) is -3.19. The van der Waals surface area contributed by atoms with Crippen LogP contribution >= 0.6 is 11.6 Å². The van der Waals surface area contributed by atoms with Crippen molar-refractivity contribution in [1.29, 1.82) is 0 Å². The van der Waals surface area contributed by atoms with E-state index in [1.807, 2.05) is 0 Å². The molecule has 0 amide bonds. The minimum Gasteiger partial charge on any atom is -0.486 e. The average molecular weight is 478 g/mol. The zero-order valence-electron chi connectivity index (χ0n) is 16.2. The fourth-order valence-corrected chi connectivity index (χ4v) is 4.20. The summed E-state index contributed by atoms with van der Waals surface area (Å²) < 4.78 is 76.8. The number of sulfonamides is 1. The molecule has 0 radical (unpaired) electrons. The molecule has 0 atom stereocenters. The Morgan fingerprint density at radius 1 is 1.06 bits per heavy atom. The first kappa shape index (κ1) is 23.2. The van der Waals surface area contributed by atoms with E-state index in [1.54, 1.807) is 0 Å². The number of Topliss-reactive ketones (excluding diaryl/α,β-unsaturated/α-hetero) is 1. The van der Waals surface area contributed by atoms with E-state index < -0.39 is 21.8 Å². The highest BCUT2D eigenvalue weighted by molar-refractivity contribution is 7.92. The number of ether oxygens (including phenoxy) is 2. The van der Waals surface area contributed by atoms with Crippen LogP contribution in [-0.2, 0) is 16.2 Å². The predicted molar refractivity (Wildman–Crippen MR) is 109 cm³/mol. The molecule has 0 unspecified atom stereocenters. The van der Waals surface area contributed by atoms with Gasteiger partial charge in [-0.15, -0.1) is 11.6 Å². The van der Waals surface area contributed by atoms with Crippen molar-refractivity contribution in [2.75, 3.05) is 23.8 Å². The second kappa shape index (κ2) is 9.35. The summed E-state index contributed by atoms with van der Waals surface area (Å²) in [6.45, 7) is 0.466. The van der Waals surface area contributed by atoms with Crippen molar-refractivity contribution in [2.24, 2.45) is 0 Å². The van der Waals surface area contributed by atoms with E-state index in [2.05, 4.69) is 4.72 Å². The van der Waals surface area contributed by atoms with E-state index in [1.165, 1.54) is 12.1 Å². The van der Waals surface area contributed by atoms with Gasteiger partial charge in [0.15, 0.2) is 17.3 Å². The van der Waals surface area contributed by atoms with Crippen LogP contribution in [0.5, 0.6) is 11.5 Å². The molecular weight excluding hydrogens is 459 g/mol. The second-order valence-electron chi connectivity index (χ2n) is 6.74. The Hall–Kier alpha value is -2.46. The smallest absolute Gasteiger partial charge is 0.416 e. The molecule has 0 saturated heterocycles. The molecule has 0 spiro atoms. The van der Waals surface area contributed by atoms with Crippen LogP contribution < -0.4 is 14.2 Å². The Balaban J connectivity index is 1.89. The van der Waals surface area contributed by atoms with E-state index in [-0.39, 0.29) is 53.1 Å². The van der Waals surface area contributed by atoms with Crippen molar-refractivity contribution >= 4 is 33.1 Å². The summed E-state index contributed by atoms with van der Waals surface area (Å²) in [5.74, 6) is 0.597. The quantitative estimate of drug-likeness (QED) is 0.333. The van der Waals surface area contributed by atoms with Gasteiger partial charge < -0.3 is 9.47 Å². The monoisotopic (exact) mass is 477 g/mol. The van der Waals surface area contributed by atoms with Gasteiger partial charge in [-0.2, -0.15) is 13.2 Å². The van der Waals surface area contributed by atoms with Crippen molar-refractivity contribution in [2.45, 2.75) is 30.3 Å². The molecule has 6 nitrogen and oxygen atoms in total. The fourth-order valence-electron chi connectivity index (χ4n) is 2.97. The molecule has 0 saturated carbocycles. The van der Waals surface area contributed by atoms with E-state index in [4.69, 9.17) is 21.1 Å². The normalized spacial score (nSPS) is 13.7. The summed E-state index contributed by atoms with van der Waals surface area (Å²) in [6, 6.07) is 5.79. The number of alkyl halides is 4. The number of nitrogens with one attached hydrogen (secondary N) is 1. The molecule has 0 aromatic heterocycles. The molecule has 1 N–H and O–H groups in total. The molecule has 0 bridgehead atoms. The Kier molecular flexibility index (Phi) is 7.00.